The molecule has 0 fully saturated rings. The fourth-order valence-electron chi connectivity index (χ4n) is 2.59. The van der Waals surface area contributed by atoms with E-state index in [9.17, 15) is 19.2 Å². The molecule has 0 saturated heterocycles. The lowest BCUT2D eigenvalue weighted by Crippen LogP contribution is -2.19. The maximum Gasteiger partial charge on any atom is 0.305 e. The van der Waals surface area contributed by atoms with Crippen LogP contribution in [-0.4, -0.2) is 36.7 Å². The largest absolute Gasteiger partial charge is 0.466 e. The highest BCUT2D eigenvalue weighted by molar-refractivity contribution is 6.04. The molecule has 0 aromatic heterocycles. The molecule has 1 atom stereocenters. The monoisotopic (exact) mass is 350 g/mol. The first-order valence-corrected chi connectivity index (χ1v) is 8.75. The van der Waals surface area contributed by atoms with E-state index in [-0.39, 0.29) is 49.2 Å². The van der Waals surface area contributed by atoms with Crippen molar-refractivity contribution in [3.05, 3.63) is 23.8 Å². The summed E-state index contributed by atoms with van der Waals surface area (Å²) in [5.74, 6) is -1.39. The number of carbonyl (C=O) groups is 4. The van der Waals surface area contributed by atoms with Gasteiger partial charge in [0.1, 0.15) is 5.78 Å². The zero-order valence-electron chi connectivity index (χ0n) is 14.9. The Morgan fingerprint density at radius 3 is 2.00 bits per heavy atom. The van der Waals surface area contributed by atoms with Crippen molar-refractivity contribution in [2.45, 2.75) is 52.4 Å². The van der Waals surface area contributed by atoms with E-state index in [1.165, 1.54) is 0 Å². The Kier molecular flexibility index (Phi) is 9.43. The van der Waals surface area contributed by atoms with Crippen LogP contribution in [0.3, 0.4) is 0 Å². The number of ketones is 2. The third-order valence-corrected chi connectivity index (χ3v) is 3.78. The maximum atomic E-state index is 12.3. The second kappa shape index (κ2) is 11.3. The lowest BCUT2D eigenvalue weighted by atomic mass is 9.90. The van der Waals surface area contributed by atoms with Gasteiger partial charge >= 0.3 is 11.9 Å². The molecule has 1 rings (SSSR count). The summed E-state index contributed by atoms with van der Waals surface area (Å²) in [5, 5.41) is 0. The van der Waals surface area contributed by atoms with E-state index in [0.717, 1.165) is 0 Å². The third-order valence-electron chi connectivity index (χ3n) is 3.78. The lowest BCUT2D eigenvalue weighted by Gasteiger charge is -2.12. The van der Waals surface area contributed by atoms with Gasteiger partial charge in [-0.05, 0) is 26.7 Å². The van der Waals surface area contributed by atoms with Crippen molar-refractivity contribution < 1.29 is 28.7 Å². The number of ether oxygens (including phenoxy) is 2. The molecular weight excluding hydrogens is 324 g/mol. The summed E-state index contributed by atoms with van der Waals surface area (Å²) in [6.45, 7) is 4.11. The quantitative estimate of drug-likeness (QED) is 0.503. The molecule has 0 aromatic carbocycles. The van der Waals surface area contributed by atoms with Crippen molar-refractivity contribution in [3.63, 3.8) is 0 Å². The SMILES string of the molecule is CCOC(=O)CCCC(=O)C1=CC=CC1C(=O)CCCC(=O)OCC. The van der Waals surface area contributed by atoms with Crippen LogP contribution < -0.4 is 0 Å². The number of allylic oxidation sites excluding steroid dienone is 4. The average Bonchev–Trinajstić information content (AvgIpc) is 3.05. The normalized spacial score (nSPS) is 15.6. The summed E-state index contributed by atoms with van der Waals surface area (Å²) in [5.41, 5.74) is 0.463. The van der Waals surface area contributed by atoms with Gasteiger partial charge < -0.3 is 9.47 Å². The number of Topliss-reactive ketones (excluding diaryl/α,β-unsaturated/α-hetero) is 2. The van der Waals surface area contributed by atoms with Crippen molar-refractivity contribution in [2.75, 3.05) is 13.2 Å². The summed E-state index contributed by atoms with van der Waals surface area (Å²) in [6, 6.07) is 0. The molecule has 0 amide bonds. The molecule has 1 unspecified atom stereocenters. The first kappa shape index (κ1) is 20.8. The van der Waals surface area contributed by atoms with Gasteiger partial charge in [-0.25, -0.2) is 0 Å². The standard InChI is InChI=1S/C19H26O6/c1-3-24-18(22)12-6-10-16(20)14-8-5-9-15(14)17(21)11-7-13-19(23)25-4-2/h5,8-9,14H,3-4,6-7,10-13H2,1-2H3. The van der Waals surface area contributed by atoms with E-state index in [4.69, 9.17) is 9.47 Å². The van der Waals surface area contributed by atoms with Crippen LogP contribution in [0.2, 0.25) is 0 Å². The summed E-state index contributed by atoms with van der Waals surface area (Å²) < 4.78 is 9.64. The molecule has 138 valence electrons. The zero-order valence-corrected chi connectivity index (χ0v) is 14.9. The van der Waals surface area contributed by atoms with Crippen LogP contribution in [0.15, 0.2) is 23.8 Å². The fraction of sp³-hybridized carbons (Fsp3) is 0.579. The fourth-order valence-corrected chi connectivity index (χ4v) is 2.59. The Morgan fingerprint density at radius 2 is 1.44 bits per heavy atom. The number of esters is 2. The number of hydrogen-bond acceptors (Lipinski definition) is 6. The molecule has 25 heavy (non-hydrogen) atoms. The highest BCUT2D eigenvalue weighted by atomic mass is 16.5. The van der Waals surface area contributed by atoms with Gasteiger partial charge in [0.2, 0.25) is 0 Å². The van der Waals surface area contributed by atoms with Gasteiger partial charge in [-0.1, -0.05) is 18.2 Å². The van der Waals surface area contributed by atoms with Crippen LogP contribution in [0.1, 0.15) is 52.4 Å². The van der Waals surface area contributed by atoms with Crippen molar-refractivity contribution >= 4 is 23.5 Å². The van der Waals surface area contributed by atoms with Gasteiger partial charge in [-0.2, -0.15) is 0 Å². The van der Waals surface area contributed by atoms with Crippen LogP contribution >= 0.6 is 0 Å². The highest BCUT2D eigenvalue weighted by Gasteiger charge is 2.27. The van der Waals surface area contributed by atoms with Crippen molar-refractivity contribution in [2.24, 2.45) is 5.92 Å². The van der Waals surface area contributed by atoms with Crippen LogP contribution in [0, 0.1) is 5.92 Å². The summed E-state index contributed by atoms with van der Waals surface area (Å²) in [7, 11) is 0. The Labute approximate surface area is 148 Å². The molecule has 1 aliphatic carbocycles. The minimum Gasteiger partial charge on any atom is -0.466 e. The molecule has 0 bridgehead atoms. The van der Waals surface area contributed by atoms with E-state index < -0.39 is 5.92 Å². The second-order valence-corrected chi connectivity index (χ2v) is 5.69. The number of carbonyl (C=O) groups excluding carboxylic acids is 4. The zero-order chi connectivity index (χ0) is 18.7. The predicted octanol–water partition coefficient (Wildman–Crippen LogP) is 2.70. The second-order valence-electron chi connectivity index (χ2n) is 5.69. The van der Waals surface area contributed by atoms with Crippen LogP contribution in [0.25, 0.3) is 0 Å². The van der Waals surface area contributed by atoms with Gasteiger partial charge in [-0.3, -0.25) is 19.2 Å². The lowest BCUT2D eigenvalue weighted by molar-refractivity contribution is -0.144. The molecule has 0 heterocycles. The Morgan fingerprint density at radius 1 is 0.880 bits per heavy atom. The average molecular weight is 350 g/mol. The van der Waals surface area contributed by atoms with E-state index in [1.54, 1.807) is 32.1 Å². The summed E-state index contributed by atoms with van der Waals surface area (Å²) in [4.78, 5) is 47.1. The van der Waals surface area contributed by atoms with Crippen molar-refractivity contribution in [1.82, 2.24) is 0 Å². The molecule has 6 nitrogen and oxygen atoms in total. The van der Waals surface area contributed by atoms with Crippen molar-refractivity contribution in [3.8, 4) is 0 Å². The van der Waals surface area contributed by atoms with Crippen LogP contribution in [0.5, 0.6) is 0 Å². The summed E-state index contributed by atoms with van der Waals surface area (Å²) in [6.07, 6.45) is 6.69. The smallest absolute Gasteiger partial charge is 0.305 e. The first-order chi connectivity index (χ1) is 12.0. The molecule has 0 aromatic rings. The van der Waals surface area contributed by atoms with Gasteiger partial charge in [0.05, 0.1) is 19.1 Å². The minimum atomic E-state index is -0.544. The van der Waals surface area contributed by atoms with E-state index in [1.807, 2.05) is 0 Å². The molecule has 0 radical (unpaired) electrons. The molecular formula is C19H26O6. The molecule has 0 spiro atoms. The van der Waals surface area contributed by atoms with Gasteiger partial charge in [0.15, 0.2) is 5.78 Å². The summed E-state index contributed by atoms with van der Waals surface area (Å²) >= 11 is 0. The number of rotatable bonds is 12. The van der Waals surface area contributed by atoms with Gasteiger partial charge in [0.25, 0.3) is 0 Å². The first-order valence-electron chi connectivity index (χ1n) is 8.75. The van der Waals surface area contributed by atoms with Gasteiger partial charge in [0, 0.05) is 31.3 Å². The molecule has 0 aliphatic heterocycles. The molecule has 1 aliphatic rings. The highest BCUT2D eigenvalue weighted by Crippen LogP contribution is 2.25. The topological polar surface area (TPSA) is 86.7 Å². The third kappa shape index (κ3) is 7.45. The maximum absolute atomic E-state index is 12.3. The predicted molar refractivity (Wildman–Crippen MR) is 91.7 cm³/mol. The van der Waals surface area contributed by atoms with E-state index in [2.05, 4.69) is 0 Å². The molecule has 6 heteroatoms. The Bertz CT molecular complexity index is 558. The Balaban J connectivity index is 2.39. The number of hydrogen-bond donors (Lipinski definition) is 0. The van der Waals surface area contributed by atoms with Crippen LogP contribution in [0.4, 0.5) is 0 Å². The van der Waals surface area contributed by atoms with Gasteiger partial charge in [-0.15, -0.1) is 0 Å². The van der Waals surface area contributed by atoms with E-state index in [0.29, 0.717) is 31.6 Å². The Hall–Kier alpha value is -2.24. The molecule has 0 N–H and O–H groups in total. The van der Waals surface area contributed by atoms with E-state index >= 15 is 0 Å². The molecule has 0 saturated carbocycles. The van der Waals surface area contributed by atoms with Crippen LogP contribution in [-0.2, 0) is 28.7 Å². The van der Waals surface area contributed by atoms with Crippen molar-refractivity contribution in [1.29, 1.82) is 0 Å². The minimum absolute atomic E-state index is 0.0805.